The summed E-state index contributed by atoms with van der Waals surface area (Å²) < 4.78 is 0. The standard InChI is InChI=1S/C15H24N2O/c1-11-8-12(10-17(3)4)14(18)13(9-11)15(2)6-5-7-16-15/h8-9,16,18H,5-7,10H2,1-4H3. The zero-order valence-corrected chi connectivity index (χ0v) is 11.9. The smallest absolute Gasteiger partial charge is 0.125 e. The number of nitrogens with one attached hydrogen (secondary N) is 1. The first-order valence-electron chi connectivity index (χ1n) is 6.65. The van der Waals surface area contributed by atoms with Crippen molar-refractivity contribution < 1.29 is 5.11 Å². The molecule has 3 heteroatoms. The Bertz CT molecular complexity index is 434. The molecule has 1 atom stereocenters. The van der Waals surface area contributed by atoms with E-state index in [4.69, 9.17) is 0 Å². The third kappa shape index (κ3) is 2.52. The molecule has 1 aliphatic heterocycles. The Morgan fingerprint density at radius 3 is 2.67 bits per heavy atom. The van der Waals surface area contributed by atoms with Crippen LogP contribution in [0.4, 0.5) is 0 Å². The molecule has 3 nitrogen and oxygen atoms in total. The van der Waals surface area contributed by atoms with E-state index in [0.717, 1.165) is 30.6 Å². The molecule has 1 unspecified atom stereocenters. The molecule has 0 bridgehead atoms. The molecular weight excluding hydrogens is 224 g/mol. The summed E-state index contributed by atoms with van der Waals surface area (Å²) in [6.07, 6.45) is 2.26. The van der Waals surface area contributed by atoms with E-state index in [2.05, 4.69) is 36.2 Å². The molecule has 0 amide bonds. The quantitative estimate of drug-likeness (QED) is 0.862. The highest BCUT2D eigenvalue weighted by Crippen LogP contribution is 2.38. The van der Waals surface area contributed by atoms with E-state index < -0.39 is 0 Å². The van der Waals surface area contributed by atoms with Crippen LogP contribution in [0.5, 0.6) is 5.75 Å². The van der Waals surface area contributed by atoms with Crippen molar-refractivity contribution in [2.45, 2.75) is 38.8 Å². The van der Waals surface area contributed by atoms with E-state index in [1.807, 2.05) is 14.1 Å². The molecule has 1 saturated heterocycles. The van der Waals surface area contributed by atoms with Crippen molar-refractivity contribution in [3.63, 3.8) is 0 Å². The summed E-state index contributed by atoms with van der Waals surface area (Å²) in [5.41, 5.74) is 3.22. The second-order valence-electron chi connectivity index (χ2n) is 5.92. The normalized spacial score (nSPS) is 23.8. The predicted octanol–water partition coefficient (Wildman–Crippen LogP) is 2.36. The minimum Gasteiger partial charge on any atom is -0.507 e. The van der Waals surface area contributed by atoms with Gasteiger partial charge in [0.15, 0.2) is 0 Å². The number of phenols is 1. The van der Waals surface area contributed by atoms with E-state index in [1.54, 1.807) is 0 Å². The Labute approximate surface area is 110 Å². The van der Waals surface area contributed by atoms with Gasteiger partial charge in [-0.25, -0.2) is 0 Å². The number of aromatic hydroxyl groups is 1. The van der Waals surface area contributed by atoms with Gasteiger partial charge in [0.25, 0.3) is 0 Å². The fourth-order valence-corrected chi connectivity index (χ4v) is 2.86. The van der Waals surface area contributed by atoms with Crippen molar-refractivity contribution in [2.75, 3.05) is 20.6 Å². The van der Waals surface area contributed by atoms with Gasteiger partial charge < -0.3 is 15.3 Å². The Morgan fingerprint density at radius 1 is 1.39 bits per heavy atom. The fraction of sp³-hybridized carbons (Fsp3) is 0.600. The average Bonchev–Trinajstić information content (AvgIpc) is 2.70. The van der Waals surface area contributed by atoms with Gasteiger partial charge in [-0.3, -0.25) is 0 Å². The van der Waals surface area contributed by atoms with Crippen LogP contribution in [-0.4, -0.2) is 30.6 Å². The van der Waals surface area contributed by atoms with E-state index >= 15 is 0 Å². The van der Waals surface area contributed by atoms with Crippen molar-refractivity contribution in [3.05, 3.63) is 28.8 Å². The van der Waals surface area contributed by atoms with Crippen molar-refractivity contribution in [1.82, 2.24) is 10.2 Å². The molecule has 0 aromatic heterocycles. The van der Waals surface area contributed by atoms with Crippen LogP contribution in [0.2, 0.25) is 0 Å². The SMILES string of the molecule is Cc1cc(CN(C)C)c(O)c(C2(C)CCCN2)c1. The number of hydrogen-bond acceptors (Lipinski definition) is 3. The molecule has 0 radical (unpaired) electrons. The van der Waals surface area contributed by atoms with E-state index in [-0.39, 0.29) is 5.54 Å². The second kappa shape index (κ2) is 4.90. The Morgan fingerprint density at radius 2 is 2.11 bits per heavy atom. The van der Waals surface area contributed by atoms with Crippen molar-refractivity contribution >= 4 is 0 Å². The van der Waals surface area contributed by atoms with Crippen LogP contribution in [0.1, 0.15) is 36.5 Å². The molecule has 1 aliphatic rings. The summed E-state index contributed by atoms with van der Waals surface area (Å²) in [6.45, 7) is 6.10. The lowest BCUT2D eigenvalue weighted by atomic mass is 9.87. The molecule has 0 spiro atoms. The summed E-state index contributed by atoms with van der Waals surface area (Å²) in [6, 6.07) is 4.20. The maximum atomic E-state index is 10.5. The van der Waals surface area contributed by atoms with Gasteiger partial charge in [0.1, 0.15) is 5.75 Å². The van der Waals surface area contributed by atoms with Crippen LogP contribution >= 0.6 is 0 Å². The lowest BCUT2D eigenvalue weighted by Gasteiger charge is -2.28. The van der Waals surface area contributed by atoms with E-state index in [1.165, 1.54) is 12.0 Å². The molecule has 100 valence electrons. The van der Waals surface area contributed by atoms with E-state index in [0.29, 0.717) is 5.75 Å². The van der Waals surface area contributed by atoms with Crippen LogP contribution in [-0.2, 0) is 12.1 Å². The molecule has 1 fully saturated rings. The number of phenolic OH excluding ortho intramolecular Hbond substituents is 1. The first-order chi connectivity index (χ1) is 8.42. The van der Waals surface area contributed by atoms with Gasteiger partial charge in [-0.05, 0) is 47.3 Å². The fourth-order valence-electron chi connectivity index (χ4n) is 2.86. The van der Waals surface area contributed by atoms with Gasteiger partial charge in [0, 0.05) is 23.2 Å². The van der Waals surface area contributed by atoms with Crippen molar-refractivity contribution in [3.8, 4) is 5.75 Å². The molecule has 0 aliphatic carbocycles. The monoisotopic (exact) mass is 248 g/mol. The molecule has 18 heavy (non-hydrogen) atoms. The van der Waals surface area contributed by atoms with Crippen LogP contribution in [0, 0.1) is 6.92 Å². The zero-order valence-electron chi connectivity index (χ0n) is 11.9. The number of benzene rings is 1. The van der Waals surface area contributed by atoms with Gasteiger partial charge in [0.2, 0.25) is 0 Å². The molecule has 0 saturated carbocycles. The maximum absolute atomic E-state index is 10.5. The molecule has 1 heterocycles. The lowest BCUT2D eigenvalue weighted by Crippen LogP contribution is -2.33. The Kier molecular flexibility index (Phi) is 3.64. The highest BCUT2D eigenvalue weighted by atomic mass is 16.3. The summed E-state index contributed by atoms with van der Waals surface area (Å²) in [7, 11) is 4.05. The summed E-state index contributed by atoms with van der Waals surface area (Å²) >= 11 is 0. The maximum Gasteiger partial charge on any atom is 0.125 e. The number of rotatable bonds is 3. The minimum atomic E-state index is -0.0723. The largest absolute Gasteiger partial charge is 0.507 e. The Balaban J connectivity index is 2.44. The molecule has 1 aromatic carbocycles. The molecular formula is C15H24N2O. The van der Waals surface area contributed by atoms with Crippen LogP contribution in [0.15, 0.2) is 12.1 Å². The van der Waals surface area contributed by atoms with E-state index in [9.17, 15) is 5.11 Å². The summed E-state index contributed by atoms with van der Waals surface area (Å²) in [4.78, 5) is 2.09. The van der Waals surface area contributed by atoms with Crippen LogP contribution < -0.4 is 5.32 Å². The molecule has 2 N–H and O–H groups in total. The summed E-state index contributed by atoms with van der Waals surface area (Å²) in [5.74, 6) is 0.464. The molecule has 1 aromatic rings. The van der Waals surface area contributed by atoms with Gasteiger partial charge >= 0.3 is 0 Å². The first kappa shape index (κ1) is 13.4. The topological polar surface area (TPSA) is 35.5 Å². The first-order valence-corrected chi connectivity index (χ1v) is 6.65. The lowest BCUT2D eigenvalue weighted by molar-refractivity contribution is 0.366. The highest BCUT2D eigenvalue weighted by molar-refractivity contribution is 5.47. The minimum absolute atomic E-state index is 0.0723. The van der Waals surface area contributed by atoms with Crippen molar-refractivity contribution in [1.29, 1.82) is 0 Å². The third-order valence-electron chi connectivity index (χ3n) is 3.78. The van der Waals surface area contributed by atoms with Gasteiger partial charge in [-0.2, -0.15) is 0 Å². The second-order valence-corrected chi connectivity index (χ2v) is 5.92. The predicted molar refractivity (Wildman–Crippen MR) is 74.8 cm³/mol. The van der Waals surface area contributed by atoms with Crippen molar-refractivity contribution in [2.24, 2.45) is 0 Å². The molecule has 2 rings (SSSR count). The third-order valence-corrected chi connectivity index (χ3v) is 3.78. The average molecular weight is 248 g/mol. The van der Waals surface area contributed by atoms with Gasteiger partial charge in [-0.15, -0.1) is 0 Å². The number of nitrogens with zero attached hydrogens (tertiary/aromatic N) is 1. The summed E-state index contributed by atoms with van der Waals surface area (Å²) in [5, 5.41) is 14.0. The highest BCUT2D eigenvalue weighted by Gasteiger charge is 2.33. The number of hydrogen-bond donors (Lipinski definition) is 2. The van der Waals surface area contributed by atoms with Crippen LogP contribution in [0.3, 0.4) is 0 Å². The Hall–Kier alpha value is -1.06. The van der Waals surface area contributed by atoms with Gasteiger partial charge in [-0.1, -0.05) is 17.7 Å². The van der Waals surface area contributed by atoms with Gasteiger partial charge in [0.05, 0.1) is 0 Å². The van der Waals surface area contributed by atoms with Crippen LogP contribution in [0.25, 0.3) is 0 Å². The zero-order chi connectivity index (χ0) is 13.3. The number of aryl methyl sites for hydroxylation is 1.